The van der Waals surface area contributed by atoms with Crippen LogP contribution >= 0.6 is 11.8 Å². The zero-order chi connectivity index (χ0) is 20.8. The fourth-order valence-corrected chi connectivity index (χ4v) is 4.00. The molecule has 1 fully saturated rings. The van der Waals surface area contributed by atoms with Crippen LogP contribution in [0, 0.1) is 11.3 Å². The minimum Gasteiger partial charge on any atom is -0.435 e. The van der Waals surface area contributed by atoms with E-state index in [2.05, 4.69) is 10.1 Å². The Bertz CT molecular complexity index is 914. The summed E-state index contributed by atoms with van der Waals surface area (Å²) in [6.45, 7) is -2.90. The summed E-state index contributed by atoms with van der Waals surface area (Å²) in [6.07, 6.45) is 0.0518. The first-order valence-electron chi connectivity index (χ1n) is 8.68. The molecule has 1 atom stereocenters. The summed E-state index contributed by atoms with van der Waals surface area (Å²) >= 11 is 1.48. The fourth-order valence-electron chi connectivity index (χ4n) is 2.82. The van der Waals surface area contributed by atoms with E-state index < -0.39 is 12.7 Å². The number of anilines is 1. The SMILES string of the molecule is N#Cc1ccc(NC(=O)C2CSCN2C(=O)Cc2ccc(OC(F)F)cc2)cc1. The number of rotatable bonds is 6. The predicted molar refractivity (Wildman–Crippen MR) is 105 cm³/mol. The first-order chi connectivity index (χ1) is 14.0. The van der Waals surface area contributed by atoms with Crippen LogP contribution < -0.4 is 10.1 Å². The molecule has 2 aromatic carbocycles. The van der Waals surface area contributed by atoms with Gasteiger partial charge in [0.15, 0.2) is 0 Å². The number of halogens is 2. The minimum atomic E-state index is -2.90. The average Bonchev–Trinajstić information content (AvgIpc) is 3.20. The molecule has 3 rings (SSSR count). The maximum Gasteiger partial charge on any atom is 0.387 e. The van der Waals surface area contributed by atoms with Crippen LogP contribution in [0.5, 0.6) is 5.75 Å². The van der Waals surface area contributed by atoms with Crippen molar-refractivity contribution in [2.24, 2.45) is 0 Å². The van der Waals surface area contributed by atoms with E-state index in [-0.39, 0.29) is 24.0 Å². The summed E-state index contributed by atoms with van der Waals surface area (Å²) in [7, 11) is 0. The normalized spacial score (nSPS) is 15.8. The van der Waals surface area contributed by atoms with Gasteiger partial charge in [-0.2, -0.15) is 14.0 Å². The number of carbonyl (C=O) groups excluding carboxylic acids is 2. The standard InChI is InChI=1S/C20H17F2N3O3S/c21-20(22)28-16-7-3-13(4-8-16)9-18(26)25-12-29-11-17(25)19(27)24-15-5-1-14(10-23)2-6-15/h1-8,17,20H,9,11-12H2,(H,24,27). The van der Waals surface area contributed by atoms with Crippen LogP contribution in [0.25, 0.3) is 0 Å². The minimum absolute atomic E-state index is 0.0209. The third-order valence-electron chi connectivity index (χ3n) is 4.29. The molecule has 29 heavy (non-hydrogen) atoms. The lowest BCUT2D eigenvalue weighted by Crippen LogP contribution is -2.45. The Morgan fingerprint density at radius 2 is 1.90 bits per heavy atom. The van der Waals surface area contributed by atoms with Gasteiger partial charge in [-0.05, 0) is 42.0 Å². The number of thioether (sulfide) groups is 1. The summed E-state index contributed by atoms with van der Waals surface area (Å²) in [6, 6.07) is 13.7. The van der Waals surface area contributed by atoms with Crippen LogP contribution in [0.3, 0.4) is 0 Å². The van der Waals surface area contributed by atoms with Crippen molar-refractivity contribution >= 4 is 29.3 Å². The van der Waals surface area contributed by atoms with Gasteiger partial charge in [0.2, 0.25) is 11.8 Å². The van der Waals surface area contributed by atoms with E-state index in [1.807, 2.05) is 6.07 Å². The Balaban J connectivity index is 1.60. The number of nitrogens with zero attached hydrogens (tertiary/aromatic N) is 2. The number of nitrogens with one attached hydrogen (secondary N) is 1. The molecular formula is C20H17F2N3O3S. The quantitative estimate of drug-likeness (QED) is 0.780. The van der Waals surface area contributed by atoms with Crippen LogP contribution in [-0.2, 0) is 16.0 Å². The smallest absolute Gasteiger partial charge is 0.387 e. The monoisotopic (exact) mass is 417 g/mol. The highest BCUT2D eigenvalue weighted by Gasteiger charge is 2.34. The van der Waals surface area contributed by atoms with E-state index in [4.69, 9.17) is 5.26 Å². The molecular weight excluding hydrogens is 400 g/mol. The summed E-state index contributed by atoms with van der Waals surface area (Å²) in [5.74, 6) is 0.380. The predicted octanol–water partition coefficient (Wildman–Crippen LogP) is 3.24. The van der Waals surface area contributed by atoms with Crippen molar-refractivity contribution in [2.45, 2.75) is 19.1 Å². The molecule has 1 aliphatic rings. The number of alkyl halides is 2. The van der Waals surface area contributed by atoms with Gasteiger partial charge in [0.05, 0.1) is 23.9 Å². The topological polar surface area (TPSA) is 82.4 Å². The molecule has 6 nitrogen and oxygen atoms in total. The van der Waals surface area contributed by atoms with Crippen molar-refractivity contribution in [1.29, 1.82) is 5.26 Å². The highest BCUT2D eigenvalue weighted by atomic mass is 32.2. The molecule has 0 aromatic heterocycles. The third-order valence-corrected chi connectivity index (χ3v) is 5.30. The van der Waals surface area contributed by atoms with E-state index in [9.17, 15) is 18.4 Å². The second-order valence-corrected chi connectivity index (χ2v) is 7.26. The largest absolute Gasteiger partial charge is 0.435 e. The molecule has 0 radical (unpaired) electrons. The lowest BCUT2D eigenvalue weighted by Gasteiger charge is -2.23. The molecule has 2 amide bonds. The van der Waals surface area contributed by atoms with E-state index in [0.29, 0.717) is 28.4 Å². The molecule has 1 N–H and O–H groups in total. The summed E-state index contributed by atoms with van der Waals surface area (Å²) in [5, 5.41) is 11.6. The summed E-state index contributed by atoms with van der Waals surface area (Å²) in [5.41, 5.74) is 1.67. The Kier molecular flexibility index (Phi) is 6.67. The number of hydrogen-bond donors (Lipinski definition) is 1. The van der Waals surface area contributed by atoms with E-state index in [0.717, 1.165) is 0 Å². The van der Waals surface area contributed by atoms with Gasteiger partial charge in [0.1, 0.15) is 11.8 Å². The van der Waals surface area contributed by atoms with Gasteiger partial charge in [-0.25, -0.2) is 0 Å². The van der Waals surface area contributed by atoms with Gasteiger partial charge >= 0.3 is 6.61 Å². The van der Waals surface area contributed by atoms with Gasteiger partial charge < -0.3 is 15.0 Å². The first-order valence-corrected chi connectivity index (χ1v) is 9.83. The van der Waals surface area contributed by atoms with Crippen molar-refractivity contribution in [3.63, 3.8) is 0 Å². The lowest BCUT2D eigenvalue weighted by molar-refractivity contribution is -0.135. The molecule has 150 valence electrons. The van der Waals surface area contributed by atoms with Crippen molar-refractivity contribution in [1.82, 2.24) is 4.90 Å². The zero-order valence-corrected chi connectivity index (χ0v) is 16.0. The molecule has 9 heteroatoms. The lowest BCUT2D eigenvalue weighted by atomic mass is 10.1. The van der Waals surface area contributed by atoms with Crippen LogP contribution in [0.1, 0.15) is 11.1 Å². The van der Waals surface area contributed by atoms with Crippen LogP contribution in [0.2, 0.25) is 0 Å². The molecule has 1 saturated heterocycles. The zero-order valence-electron chi connectivity index (χ0n) is 15.2. The molecule has 0 saturated carbocycles. The maximum absolute atomic E-state index is 12.7. The third kappa shape index (κ3) is 5.45. The Morgan fingerprint density at radius 1 is 1.21 bits per heavy atom. The highest BCUT2D eigenvalue weighted by Crippen LogP contribution is 2.24. The second-order valence-electron chi connectivity index (χ2n) is 6.26. The molecule has 2 aromatic rings. The van der Waals surface area contributed by atoms with Gasteiger partial charge in [-0.1, -0.05) is 12.1 Å². The number of nitriles is 1. The number of ether oxygens (including phenoxy) is 1. The molecule has 0 spiro atoms. The average molecular weight is 417 g/mol. The summed E-state index contributed by atoms with van der Waals surface area (Å²) < 4.78 is 28.7. The van der Waals surface area contributed by atoms with Crippen molar-refractivity contribution < 1.29 is 23.1 Å². The van der Waals surface area contributed by atoms with Crippen molar-refractivity contribution in [2.75, 3.05) is 16.9 Å². The molecule has 1 unspecified atom stereocenters. The van der Waals surface area contributed by atoms with E-state index >= 15 is 0 Å². The highest BCUT2D eigenvalue weighted by molar-refractivity contribution is 7.99. The Labute approximate surface area is 170 Å². The Hall–Kier alpha value is -3.12. The number of benzene rings is 2. The van der Waals surface area contributed by atoms with Gasteiger partial charge in [0, 0.05) is 11.4 Å². The van der Waals surface area contributed by atoms with Gasteiger partial charge in [-0.15, -0.1) is 11.8 Å². The number of carbonyl (C=O) groups is 2. The van der Waals surface area contributed by atoms with Gasteiger partial charge in [0.25, 0.3) is 0 Å². The maximum atomic E-state index is 12.7. The molecule has 0 aliphatic carbocycles. The first kappa shape index (κ1) is 20.6. The number of amides is 2. The Morgan fingerprint density at radius 3 is 2.52 bits per heavy atom. The van der Waals surface area contributed by atoms with Crippen molar-refractivity contribution in [3.8, 4) is 11.8 Å². The second kappa shape index (κ2) is 9.39. The molecule has 1 aliphatic heterocycles. The number of hydrogen-bond acceptors (Lipinski definition) is 5. The van der Waals surface area contributed by atoms with Crippen LogP contribution in [-0.4, -0.2) is 41.0 Å². The summed E-state index contributed by atoms with van der Waals surface area (Å²) in [4.78, 5) is 26.8. The molecule has 0 bridgehead atoms. The molecule has 1 heterocycles. The van der Waals surface area contributed by atoms with E-state index in [1.165, 1.54) is 28.8 Å². The van der Waals surface area contributed by atoms with E-state index in [1.54, 1.807) is 36.4 Å². The van der Waals surface area contributed by atoms with Crippen LogP contribution in [0.15, 0.2) is 48.5 Å². The van der Waals surface area contributed by atoms with Crippen LogP contribution in [0.4, 0.5) is 14.5 Å². The van der Waals surface area contributed by atoms with Gasteiger partial charge in [-0.3, -0.25) is 9.59 Å². The fraction of sp³-hybridized carbons (Fsp3) is 0.250. The van der Waals surface area contributed by atoms with Crippen molar-refractivity contribution in [3.05, 3.63) is 59.7 Å².